The Morgan fingerprint density at radius 2 is 2.11 bits per heavy atom. The van der Waals surface area contributed by atoms with E-state index in [1.54, 1.807) is 19.1 Å². The standard InChI is InChI=1S/C13H17NO3S/c1-3-14-18(16,17)13-8-7-12(11(2)10-13)6-4-5-9-15/h7-8,10,14-15H,3,5,9H2,1-2H3. The van der Waals surface area contributed by atoms with Crippen molar-refractivity contribution in [1.82, 2.24) is 4.72 Å². The third-order valence-electron chi connectivity index (χ3n) is 2.30. The minimum atomic E-state index is -3.41. The molecule has 0 aliphatic heterocycles. The molecule has 5 heteroatoms. The number of aliphatic hydroxyl groups is 1. The molecule has 2 N–H and O–H groups in total. The van der Waals surface area contributed by atoms with Crippen LogP contribution in [-0.4, -0.2) is 26.7 Å². The van der Waals surface area contributed by atoms with E-state index in [-0.39, 0.29) is 11.5 Å². The fourth-order valence-corrected chi connectivity index (χ4v) is 2.56. The minimum Gasteiger partial charge on any atom is -0.395 e. The number of nitrogens with one attached hydrogen (secondary N) is 1. The topological polar surface area (TPSA) is 66.4 Å². The average molecular weight is 267 g/mol. The zero-order valence-corrected chi connectivity index (χ0v) is 11.3. The van der Waals surface area contributed by atoms with Gasteiger partial charge in [-0.05, 0) is 30.7 Å². The summed E-state index contributed by atoms with van der Waals surface area (Å²) < 4.78 is 26.0. The molecule has 0 aliphatic carbocycles. The molecule has 0 aromatic heterocycles. The van der Waals surface area contributed by atoms with Crippen molar-refractivity contribution in [2.45, 2.75) is 25.2 Å². The van der Waals surface area contributed by atoms with Crippen LogP contribution in [0.3, 0.4) is 0 Å². The predicted molar refractivity (Wildman–Crippen MR) is 70.6 cm³/mol. The second-order valence-electron chi connectivity index (χ2n) is 3.75. The molecule has 0 aliphatic rings. The van der Waals surface area contributed by atoms with Gasteiger partial charge in [0.25, 0.3) is 0 Å². The van der Waals surface area contributed by atoms with Crippen molar-refractivity contribution in [2.75, 3.05) is 13.2 Å². The van der Waals surface area contributed by atoms with Gasteiger partial charge in [-0.2, -0.15) is 0 Å². The lowest BCUT2D eigenvalue weighted by Crippen LogP contribution is -2.23. The highest BCUT2D eigenvalue weighted by atomic mass is 32.2. The van der Waals surface area contributed by atoms with Crippen molar-refractivity contribution >= 4 is 10.0 Å². The van der Waals surface area contributed by atoms with E-state index in [2.05, 4.69) is 16.6 Å². The number of aliphatic hydroxyl groups excluding tert-OH is 1. The lowest BCUT2D eigenvalue weighted by Gasteiger charge is -2.06. The molecular weight excluding hydrogens is 250 g/mol. The zero-order chi connectivity index (χ0) is 13.6. The van der Waals surface area contributed by atoms with Gasteiger partial charge in [0.05, 0.1) is 11.5 Å². The van der Waals surface area contributed by atoms with Crippen LogP contribution in [0.5, 0.6) is 0 Å². The monoisotopic (exact) mass is 267 g/mol. The van der Waals surface area contributed by atoms with Crippen LogP contribution < -0.4 is 4.72 Å². The van der Waals surface area contributed by atoms with Crippen molar-refractivity contribution in [2.24, 2.45) is 0 Å². The van der Waals surface area contributed by atoms with E-state index in [1.807, 2.05) is 6.92 Å². The third kappa shape index (κ3) is 3.84. The summed E-state index contributed by atoms with van der Waals surface area (Å²) in [5.41, 5.74) is 1.58. The van der Waals surface area contributed by atoms with Gasteiger partial charge in [-0.1, -0.05) is 18.8 Å². The number of benzene rings is 1. The van der Waals surface area contributed by atoms with Gasteiger partial charge in [-0.25, -0.2) is 13.1 Å². The van der Waals surface area contributed by atoms with Gasteiger partial charge in [-0.3, -0.25) is 0 Å². The Kier molecular flexibility index (Phi) is 5.35. The molecule has 4 nitrogen and oxygen atoms in total. The molecule has 1 aromatic rings. The third-order valence-corrected chi connectivity index (χ3v) is 3.85. The van der Waals surface area contributed by atoms with E-state index in [9.17, 15) is 8.42 Å². The zero-order valence-electron chi connectivity index (χ0n) is 10.5. The highest BCUT2D eigenvalue weighted by Crippen LogP contribution is 2.14. The molecule has 0 saturated carbocycles. The maximum Gasteiger partial charge on any atom is 0.240 e. The van der Waals surface area contributed by atoms with Gasteiger partial charge in [0.2, 0.25) is 10.0 Å². The maximum absolute atomic E-state index is 11.8. The molecule has 1 aromatic carbocycles. The first-order valence-corrected chi connectivity index (χ1v) is 7.19. The Hall–Kier alpha value is -1.35. The van der Waals surface area contributed by atoms with Crippen molar-refractivity contribution in [3.8, 4) is 11.8 Å². The second kappa shape index (κ2) is 6.55. The number of aryl methyl sites for hydroxylation is 1. The molecule has 0 heterocycles. The first kappa shape index (κ1) is 14.7. The molecule has 0 saturated heterocycles. The van der Waals surface area contributed by atoms with Crippen molar-refractivity contribution < 1.29 is 13.5 Å². The first-order chi connectivity index (χ1) is 8.51. The summed E-state index contributed by atoms with van der Waals surface area (Å²) in [7, 11) is -3.41. The molecule has 0 spiro atoms. The van der Waals surface area contributed by atoms with Crippen LogP contribution in [0.25, 0.3) is 0 Å². The molecule has 0 amide bonds. The Morgan fingerprint density at radius 3 is 2.67 bits per heavy atom. The summed E-state index contributed by atoms with van der Waals surface area (Å²) in [5.74, 6) is 5.71. The van der Waals surface area contributed by atoms with Gasteiger partial charge >= 0.3 is 0 Å². The maximum atomic E-state index is 11.8. The van der Waals surface area contributed by atoms with Crippen LogP contribution in [0, 0.1) is 18.8 Å². The predicted octanol–water partition coefficient (Wildman–Crippen LogP) is 1.03. The number of hydrogen-bond acceptors (Lipinski definition) is 3. The van der Waals surface area contributed by atoms with E-state index in [4.69, 9.17) is 5.11 Å². The fourth-order valence-electron chi connectivity index (χ4n) is 1.43. The largest absolute Gasteiger partial charge is 0.395 e. The highest BCUT2D eigenvalue weighted by molar-refractivity contribution is 7.89. The molecule has 0 radical (unpaired) electrons. The number of sulfonamides is 1. The lowest BCUT2D eigenvalue weighted by molar-refractivity contribution is 0.305. The molecule has 0 unspecified atom stereocenters. The van der Waals surface area contributed by atoms with Gasteiger partial charge in [0.15, 0.2) is 0 Å². The first-order valence-electron chi connectivity index (χ1n) is 5.71. The highest BCUT2D eigenvalue weighted by Gasteiger charge is 2.12. The van der Waals surface area contributed by atoms with Gasteiger partial charge in [0.1, 0.15) is 0 Å². The van der Waals surface area contributed by atoms with Crippen LogP contribution in [0.15, 0.2) is 23.1 Å². The van der Waals surface area contributed by atoms with E-state index in [0.29, 0.717) is 13.0 Å². The van der Waals surface area contributed by atoms with Crippen LogP contribution in [0.2, 0.25) is 0 Å². The minimum absolute atomic E-state index is 0.0267. The second-order valence-corrected chi connectivity index (χ2v) is 5.52. The number of hydrogen-bond donors (Lipinski definition) is 2. The Labute approximate surface area is 108 Å². The van der Waals surface area contributed by atoms with E-state index in [1.165, 1.54) is 6.07 Å². The summed E-state index contributed by atoms with van der Waals surface area (Å²) in [5, 5.41) is 8.63. The molecular formula is C13H17NO3S. The normalized spacial score (nSPS) is 10.8. The van der Waals surface area contributed by atoms with Crippen molar-refractivity contribution in [1.29, 1.82) is 0 Å². The number of rotatable bonds is 4. The molecule has 1 rings (SSSR count). The van der Waals surface area contributed by atoms with Gasteiger partial charge < -0.3 is 5.11 Å². The quantitative estimate of drug-likeness (QED) is 0.801. The Balaban J connectivity index is 3.04. The summed E-state index contributed by atoms with van der Waals surface area (Å²) in [6.07, 6.45) is 0.414. The lowest BCUT2D eigenvalue weighted by atomic mass is 10.1. The smallest absolute Gasteiger partial charge is 0.240 e. The van der Waals surface area contributed by atoms with E-state index >= 15 is 0 Å². The fraction of sp³-hybridized carbons (Fsp3) is 0.385. The molecule has 18 heavy (non-hydrogen) atoms. The van der Waals surface area contributed by atoms with Gasteiger partial charge in [-0.15, -0.1) is 0 Å². The van der Waals surface area contributed by atoms with Crippen LogP contribution in [0.1, 0.15) is 24.5 Å². The SMILES string of the molecule is CCNS(=O)(=O)c1ccc(C#CCCO)c(C)c1. The summed E-state index contributed by atoms with van der Waals surface area (Å²) in [6.45, 7) is 3.94. The van der Waals surface area contributed by atoms with E-state index in [0.717, 1.165) is 11.1 Å². The molecule has 0 atom stereocenters. The molecule has 0 fully saturated rings. The van der Waals surface area contributed by atoms with Crippen LogP contribution in [-0.2, 0) is 10.0 Å². The van der Waals surface area contributed by atoms with Crippen LogP contribution in [0.4, 0.5) is 0 Å². The van der Waals surface area contributed by atoms with Gasteiger partial charge in [0, 0.05) is 18.5 Å². The summed E-state index contributed by atoms with van der Waals surface area (Å²) >= 11 is 0. The van der Waals surface area contributed by atoms with Crippen molar-refractivity contribution in [3.05, 3.63) is 29.3 Å². The molecule has 0 bridgehead atoms. The summed E-state index contributed by atoms with van der Waals surface area (Å²) in [6, 6.07) is 4.82. The average Bonchev–Trinajstić information content (AvgIpc) is 2.31. The Bertz CT molecular complexity index is 568. The van der Waals surface area contributed by atoms with Crippen LogP contribution >= 0.6 is 0 Å². The van der Waals surface area contributed by atoms with E-state index < -0.39 is 10.0 Å². The van der Waals surface area contributed by atoms with Crippen molar-refractivity contribution in [3.63, 3.8) is 0 Å². The Morgan fingerprint density at radius 1 is 1.39 bits per heavy atom. The summed E-state index contributed by atoms with van der Waals surface area (Å²) in [4.78, 5) is 0.245. The molecule has 98 valence electrons.